The molecule has 3 heterocycles. The summed E-state index contributed by atoms with van der Waals surface area (Å²) in [7, 11) is 4.09. The molecule has 2 aromatic rings. The Morgan fingerprint density at radius 1 is 1.36 bits per heavy atom. The Morgan fingerprint density at radius 2 is 2.21 bits per heavy atom. The Labute approximate surface area is 165 Å². The van der Waals surface area contributed by atoms with Gasteiger partial charge >= 0.3 is 0 Å². The van der Waals surface area contributed by atoms with E-state index in [4.69, 9.17) is 4.52 Å². The second-order valence-electron chi connectivity index (χ2n) is 7.65. The highest BCUT2D eigenvalue weighted by molar-refractivity contribution is 5.76. The molecule has 3 rings (SSSR count). The zero-order valence-corrected chi connectivity index (χ0v) is 16.6. The number of hydrogen-bond donors (Lipinski definition) is 1. The average molecular weight is 387 g/mol. The first-order valence-corrected chi connectivity index (χ1v) is 9.85. The molecule has 0 bridgehead atoms. The lowest BCUT2D eigenvalue weighted by atomic mass is 10.0. The number of aliphatic hydroxyl groups is 1. The van der Waals surface area contributed by atoms with Gasteiger partial charge in [0.15, 0.2) is 0 Å². The average Bonchev–Trinajstić information content (AvgIpc) is 3.06. The van der Waals surface area contributed by atoms with Crippen LogP contribution in [-0.2, 0) is 11.2 Å². The summed E-state index contributed by atoms with van der Waals surface area (Å²) in [5.74, 6) is 1.33. The van der Waals surface area contributed by atoms with Crippen LogP contribution >= 0.6 is 0 Å². The molecule has 0 unspecified atom stereocenters. The van der Waals surface area contributed by atoms with Crippen molar-refractivity contribution in [3.63, 3.8) is 0 Å². The van der Waals surface area contributed by atoms with E-state index in [9.17, 15) is 9.90 Å². The van der Waals surface area contributed by atoms with Crippen molar-refractivity contribution in [1.82, 2.24) is 24.9 Å². The van der Waals surface area contributed by atoms with Crippen LogP contribution < -0.4 is 0 Å². The molecule has 8 heteroatoms. The lowest BCUT2D eigenvalue weighted by molar-refractivity contribution is -0.132. The highest BCUT2D eigenvalue weighted by Crippen LogP contribution is 2.20. The van der Waals surface area contributed by atoms with E-state index < -0.39 is 0 Å². The van der Waals surface area contributed by atoms with Crippen molar-refractivity contribution < 1.29 is 14.4 Å². The van der Waals surface area contributed by atoms with Crippen LogP contribution in [-0.4, -0.2) is 75.8 Å². The zero-order valence-electron chi connectivity index (χ0n) is 16.6. The van der Waals surface area contributed by atoms with Crippen LogP contribution in [0.15, 0.2) is 29.0 Å². The molecule has 1 saturated heterocycles. The predicted molar refractivity (Wildman–Crippen MR) is 104 cm³/mol. The van der Waals surface area contributed by atoms with Crippen molar-refractivity contribution in [3.05, 3.63) is 30.4 Å². The Hall–Kier alpha value is -2.32. The minimum Gasteiger partial charge on any atom is -0.396 e. The highest BCUT2D eigenvalue weighted by atomic mass is 16.5. The minimum atomic E-state index is 0.124. The van der Waals surface area contributed by atoms with Gasteiger partial charge in [0.1, 0.15) is 0 Å². The summed E-state index contributed by atoms with van der Waals surface area (Å²) >= 11 is 0. The van der Waals surface area contributed by atoms with Crippen molar-refractivity contribution in [1.29, 1.82) is 0 Å². The fraction of sp³-hybridized carbons (Fsp3) is 0.600. The molecule has 0 aliphatic carbocycles. The van der Waals surface area contributed by atoms with Crippen LogP contribution in [0.5, 0.6) is 0 Å². The third kappa shape index (κ3) is 5.36. The number of carbonyl (C=O) groups excluding carboxylic acids is 1. The Bertz CT molecular complexity index is 749. The van der Waals surface area contributed by atoms with Crippen molar-refractivity contribution in [2.24, 2.45) is 5.92 Å². The quantitative estimate of drug-likeness (QED) is 0.771. The number of rotatable bonds is 7. The molecule has 0 spiro atoms. The number of pyridine rings is 1. The standard InChI is InChI=1S/C20H29N5O3/c1-24(2)17-9-8-15(14-26)12-25(13-17)19(27)7-3-6-18-22-20(23-28-18)16-5-4-10-21-11-16/h4-5,10-11,15,17,26H,3,6-9,12-14H2,1-2H3/t15-,17+/m0/s1. The molecule has 1 N–H and O–H groups in total. The van der Waals surface area contributed by atoms with Gasteiger partial charge in [0, 0.05) is 56.5 Å². The minimum absolute atomic E-state index is 0.124. The molecule has 28 heavy (non-hydrogen) atoms. The molecular formula is C20H29N5O3. The van der Waals surface area contributed by atoms with Gasteiger partial charge in [-0.15, -0.1) is 0 Å². The third-order valence-corrected chi connectivity index (χ3v) is 5.33. The number of aromatic nitrogens is 3. The van der Waals surface area contributed by atoms with Crippen molar-refractivity contribution >= 4 is 5.91 Å². The number of amides is 1. The number of carbonyl (C=O) groups is 1. The summed E-state index contributed by atoms with van der Waals surface area (Å²) in [4.78, 5) is 25.3. The highest BCUT2D eigenvalue weighted by Gasteiger charge is 2.27. The molecule has 152 valence electrons. The van der Waals surface area contributed by atoms with Gasteiger partial charge in [-0.3, -0.25) is 9.78 Å². The molecule has 1 aliphatic heterocycles. The summed E-state index contributed by atoms with van der Waals surface area (Å²) in [6.45, 7) is 1.47. The van der Waals surface area contributed by atoms with E-state index in [2.05, 4.69) is 20.0 Å². The van der Waals surface area contributed by atoms with Crippen molar-refractivity contribution in [3.8, 4) is 11.4 Å². The number of likely N-dealkylation sites (tertiary alicyclic amines) is 1. The van der Waals surface area contributed by atoms with E-state index in [1.54, 1.807) is 12.4 Å². The summed E-state index contributed by atoms with van der Waals surface area (Å²) in [6, 6.07) is 4.04. The lowest BCUT2D eigenvalue weighted by Crippen LogP contribution is -2.42. The summed E-state index contributed by atoms with van der Waals surface area (Å²) in [5.41, 5.74) is 0.808. The Kier molecular flexibility index (Phi) is 7.11. The molecule has 0 radical (unpaired) electrons. The lowest BCUT2D eigenvalue weighted by Gasteiger charge is -2.29. The number of aliphatic hydroxyl groups excluding tert-OH is 1. The van der Waals surface area contributed by atoms with Crippen LogP contribution in [0, 0.1) is 5.92 Å². The summed E-state index contributed by atoms with van der Waals surface area (Å²) < 4.78 is 5.30. The molecular weight excluding hydrogens is 358 g/mol. The second-order valence-corrected chi connectivity index (χ2v) is 7.65. The maximum atomic E-state index is 12.7. The van der Waals surface area contributed by atoms with E-state index >= 15 is 0 Å². The number of nitrogens with zero attached hydrogens (tertiary/aromatic N) is 5. The normalized spacial score (nSPS) is 20.4. The SMILES string of the molecule is CN(C)[C@@H]1CC[C@H](CO)CN(C(=O)CCCc2nc(-c3cccnc3)no2)C1. The van der Waals surface area contributed by atoms with E-state index in [1.165, 1.54) is 0 Å². The first kappa shape index (κ1) is 20.4. The van der Waals surface area contributed by atoms with Crippen LogP contribution in [0.1, 0.15) is 31.6 Å². The van der Waals surface area contributed by atoms with Gasteiger partial charge < -0.3 is 19.4 Å². The number of hydrogen-bond acceptors (Lipinski definition) is 7. The summed E-state index contributed by atoms with van der Waals surface area (Å²) in [5, 5.41) is 13.6. The first-order chi connectivity index (χ1) is 13.6. The Balaban J connectivity index is 1.52. The number of likely N-dealkylation sites (N-methyl/N-ethyl adjacent to an activating group) is 1. The predicted octanol–water partition coefficient (Wildman–Crippen LogP) is 1.62. The zero-order chi connectivity index (χ0) is 19.9. The van der Waals surface area contributed by atoms with E-state index in [0.29, 0.717) is 50.1 Å². The molecule has 1 amide bonds. The monoisotopic (exact) mass is 387 g/mol. The van der Waals surface area contributed by atoms with E-state index in [-0.39, 0.29) is 18.4 Å². The molecule has 8 nitrogen and oxygen atoms in total. The molecule has 1 fully saturated rings. The molecule has 1 aliphatic rings. The smallest absolute Gasteiger partial charge is 0.226 e. The van der Waals surface area contributed by atoms with Crippen LogP contribution in [0.2, 0.25) is 0 Å². The molecule has 2 atom stereocenters. The summed E-state index contributed by atoms with van der Waals surface area (Å²) in [6.07, 6.45) is 6.98. The van der Waals surface area contributed by atoms with Gasteiger partial charge in [0.25, 0.3) is 0 Å². The van der Waals surface area contributed by atoms with Crippen LogP contribution in [0.25, 0.3) is 11.4 Å². The maximum Gasteiger partial charge on any atom is 0.226 e. The fourth-order valence-corrected chi connectivity index (χ4v) is 3.54. The van der Waals surface area contributed by atoms with E-state index in [0.717, 1.165) is 18.4 Å². The third-order valence-electron chi connectivity index (χ3n) is 5.33. The largest absolute Gasteiger partial charge is 0.396 e. The van der Waals surface area contributed by atoms with Crippen LogP contribution in [0.3, 0.4) is 0 Å². The van der Waals surface area contributed by atoms with Gasteiger partial charge in [-0.05, 0) is 51.4 Å². The first-order valence-electron chi connectivity index (χ1n) is 9.85. The van der Waals surface area contributed by atoms with Gasteiger partial charge in [-0.25, -0.2) is 0 Å². The molecule has 0 aromatic carbocycles. The van der Waals surface area contributed by atoms with E-state index in [1.807, 2.05) is 31.1 Å². The van der Waals surface area contributed by atoms with Gasteiger partial charge in [0.05, 0.1) is 0 Å². The maximum absolute atomic E-state index is 12.7. The second kappa shape index (κ2) is 9.75. The van der Waals surface area contributed by atoms with Crippen LogP contribution in [0.4, 0.5) is 0 Å². The van der Waals surface area contributed by atoms with Gasteiger partial charge in [-0.2, -0.15) is 4.98 Å². The van der Waals surface area contributed by atoms with Gasteiger partial charge in [0.2, 0.25) is 17.6 Å². The Morgan fingerprint density at radius 3 is 2.93 bits per heavy atom. The number of aryl methyl sites for hydroxylation is 1. The fourth-order valence-electron chi connectivity index (χ4n) is 3.54. The van der Waals surface area contributed by atoms with Crippen molar-refractivity contribution in [2.45, 2.75) is 38.1 Å². The molecule has 2 aromatic heterocycles. The van der Waals surface area contributed by atoms with Gasteiger partial charge in [-0.1, -0.05) is 5.16 Å². The molecule has 0 saturated carbocycles. The van der Waals surface area contributed by atoms with Crippen molar-refractivity contribution in [2.75, 3.05) is 33.8 Å². The topological polar surface area (TPSA) is 95.6 Å².